The highest BCUT2D eigenvalue weighted by molar-refractivity contribution is 7.54. The number of hydrogen-bond acceptors (Lipinski definition) is 10. The quantitative estimate of drug-likeness (QED) is 0.118. The summed E-state index contributed by atoms with van der Waals surface area (Å²) in [6.45, 7) is 6.92. The van der Waals surface area contributed by atoms with E-state index in [2.05, 4.69) is 10.2 Å². The van der Waals surface area contributed by atoms with Gasteiger partial charge in [-0.1, -0.05) is 0 Å². The highest BCUT2D eigenvalue weighted by Gasteiger charge is 2.64. The maximum Gasteiger partial charge on any atom is 0.342 e. The van der Waals surface area contributed by atoms with E-state index in [1.54, 1.807) is 0 Å². The average molecular weight is 620 g/mol. The van der Waals surface area contributed by atoms with Gasteiger partial charge < -0.3 is 23.8 Å². The van der Waals surface area contributed by atoms with Crippen LogP contribution in [0.4, 0.5) is 17.6 Å². The topological polar surface area (TPSA) is 170 Å². The Kier molecular flexibility index (Phi) is 11.6. The molecule has 2 heterocycles. The van der Waals surface area contributed by atoms with Crippen LogP contribution in [0.2, 0.25) is 0 Å². The normalized spacial score (nSPS) is 26.9. The molecule has 3 N–H and O–H groups in total. The number of Topliss-reactive ketones (excluding diaryl/α,β-unsaturated/α-hetero) is 1. The third-order valence-electron chi connectivity index (χ3n) is 5.77. The van der Waals surface area contributed by atoms with Gasteiger partial charge in [0.05, 0.1) is 25.2 Å². The second kappa shape index (κ2) is 13.7. The van der Waals surface area contributed by atoms with Gasteiger partial charge >= 0.3 is 19.6 Å². The summed E-state index contributed by atoms with van der Waals surface area (Å²) in [4.78, 5) is 48.5. The lowest BCUT2D eigenvalue weighted by Gasteiger charge is -2.34. The van der Waals surface area contributed by atoms with Crippen molar-refractivity contribution >= 4 is 31.3 Å². The molecule has 2 aliphatic rings. The number of carbonyl (C=O) groups is 4. The molecule has 0 aliphatic carbocycles. The Morgan fingerprint density at radius 2 is 1.59 bits per heavy atom. The molecule has 1 saturated heterocycles. The molecule has 2 aliphatic heterocycles. The third-order valence-corrected chi connectivity index (χ3v) is 7.72. The fourth-order valence-electron chi connectivity index (χ4n) is 3.75. The van der Waals surface area contributed by atoms with Crippen molar-refractivity contribution in [2.24, 2.45) is 0 Å². The number of alkyl halides is 3. The van der Waals surface area contributed by atoms with Crippen molar-refractivity contribution in [2.45, 2.75) is 103 Å². The van der Waals surface area contributed by atoms with Crippen LogP contribution in [0.15, 0.2) is 12.0 Å². The highest BCUT2D eigenvalue weighted by Crippen LogP contribution is 2.46. The molecule has 1 amide bonds. The highest BCUT2D eigenvalue weighted by atomic mass is 31.2. The van der Waals surface area contributed by atoms with Crippen LogP contribution in [0, 0.1) is 0 Å². The van der Waals surface area contributed by atoms with E-state index in [0.717, 1.165) is 0 Å². The number of hydrogen-bond donors (Lipinski definition) is 3. The van der Waals surface area contributed by atoms with Crippen LogP contribution in [0.3, 0.4) is 0 Å². The molecule has 1 fully saturated rings. The molecular weight excluding hydrogens is 585 g/mol. The average Bonchev–Trinajstić information content (AvgIpc) is 3.10. The standard InChI is InChI=1S/C23H34F4N3O10P/c1-10(2)38-20(34)12(5)28-41(36,29-13(6)21(35)39-11(3)4)37-9-23(22(26)27)18(25)17(33)19(40-23)30-8-14(24)15(31)7-16(30)32/h8,10-13,17-19,22,33H,7,9H2,1-6H3,(H2,28,29,36)/t12-,13-,17+,18+,19+,23+/m0/s1. The van der Waals surface area contributed by atoms with Crippen molar-refractivity contribution in [3.8, 4) is 0 Å². The summed E-state index contributed by atoms with van der Waals surface area (Å²) in [6.07, 6.45) is -13.4. The third kappa shape index (κ3) is 8.32. The summed E-state index contributed by atoms with van der Waals surface area (Å²) in [7, 11) is -4.75. The predicted octanol–water partition coefficient (Wildman–Crippen LogP) is 1.64. The minimum Gasteiger partial charge on any atom is -0.462 e. The van der Waals surface area contributed by atoms with Crippen molar-refractivity contribution in [2.75, 3.05) is 6.61 Å². The molecule has 0 unspecified atom stereocenters. The smallest absolute Gasteiger partial charge is 0.342 e. The van der Waals surface area contributed by atoms with Gasteiger partial charge in [0.25, 0.3) is 6.43 Å². The van der Waals surface area contributed by atoms with Crippen LogP contribution in [-0.2, 0) is 42.5 Å². The Balaban J connectivity index is 2.37. The number of esters is 2. The number of ketones is 1. The number of allylic oxidation sites excluding steroid dienone is 1. The molecule has 41 heavy (non-hydrogen) atoms. The first-order valence-electron chi connectivity index (χ1n) is 12.5. The lowest BCUT2D eigenvalue weighted by molar-refractivity contribution is -0.193. The van der Waals surface area contributed by atoms with E-state index in [4.69, 9.17) is 18.7 Å². The van der Waals surface area contributed by atoms with Gasteiger partial charge in [0.1, 0.15) is 18.2 Å². The number of rotatable bonds is 13. The van der Waals surface area contributed by atoms with Gasteiger partial charge in [-0.2, -0.15) is 0 Å². The van der Waals surface area contributed by atoms with Gasteiger partial charge in [0.15, 0.2) is 23.8 Å². The van der Waals surface area contributed by atoms with E-state index in [1.807, 2.05) is 0 Å². The molecule has 234 valence electrons. The summed E-state index contributed by atoms with van der Waals surface area (Å²) in [5, 5.41) is 14.8. The van der Waals surface area contributed by atoms with E-state index in [9.17, 15) is 42.0 Å². The van der Waals surface area contributed by atoms with E-state index in [0.29, 0.717) is 0 Å². The van der Waals surface area contributed by atoms with Crippen LogP contribution < -0.4 is 10.2 Å². The van der Waals surface area contributed by atoms with Crippen molar-refractivity contribution in [1.82, 2.24) is 15.1 Å². The van der Waals surface area contributed by atoms with E-state index in [1.165, 1.54) is 41.5 Å². The van der Waals surface area contributed by atoms with Crippen molar-refractivity contribution in [3.63, 3.8) is 0 Å². The lowest BCUT2D eigenvalue weighted by atomic mass is 9.98. The molecule has 0 spiro atoms. The molecule has 0 aromatic carbocycles. The maximum atomic E-state index is 15.3. The Morgan fingerprint density at radius 1 is 1.10 bits per heavy atom. The van der Waals surface area contributed by atoms with Gasteiger partial charge in [-0.25, -0.2) is 27.7 Å². The maximum absolute atomic E-state index is 15.3. The first-order chi connectivity index (χ1) is 18.8. The largest absolute Gasteiger partial charge is 0.462 e. The van der Waals surface area contributed by atoms with Crippen LogP contribution in [0.5, 0.6) is 0 Å². The molecule has 0 aromatic rings. The SMILES string of the molecule is CC(C)OC(=O)[C@H](C)NP(=O)(N[C@@H](C)C(=O)OC(C)C)OC[C@@]1(C(F)F)O[C@@H](N2C=C(F)C(=O)CC2=O)[C@H](O)[C@H]1F. The number of aliphatic hydroxyl groups is 1. The van der Waals surface area contributed by atoms with Crippen LogP contribution in [-0.4, -0.2) is 95.1 Å². The Hall–Kier alpha value is -2.43. The summed E-state index contributed by atoms with van der Waals surface area (Å²) in [5.74, 6) is -5.71. The van der Waals surface area contributed by atoms with Crippen LogP contribution in [0.25, 0.3) is 0 Å². The monoisotopic (exact) mass is 619 g/mol. The fraction of sp³-hybridized carbons (Fsp3) is 0.739. The summed E-state index contributed by atoms with van der Waals surface area (Å²) >= 11 is 0. The second-order valence-corrected chi connectivity index (χ2v) is 11.9. The second-order valence-electron chi connectivity index (χ2n) is 10.0. The van der Waals surface area contributed by atoms with Gasteiger partial charge in [-0.3, -0.25) is 28.6 Å². The number of carbonyl (C=O) groups excluding carboxylic acids is 4. The fourth-order valence-corrected chi connectivity index (χ4v) is 5.58. The minimum absolute atomic E-state index is 0.266. The summed E-state index contributed by atoms with van der Waals surface area (Å²) < 4.78 is 91.8. The molecule has 0 saturated carbocycles. The Labute approximate surface area is 233 Å². The first kappa shape index (κ1) is 34.8. The predicted molar refractivity (Wildman–Crippen MR) is 131 cm³/mol. The molecule has 13 nitrogen and oxygen atoms in total. The zero-order valence-corrected chi connectivity index (χ0v) is 24.0. The molecular formula is C23H34F4N3O10P. The van der Waals surface area contributed by atoms with Gasteiger partial charge in [0.2, 0.25) is 11.7 Å². The molecule has 0 bridgehead atoms. The van der Waals surface area contributed by atoms with Crippen LogP contribution in [0.1, 0.15) is 48.0 Å². The van der Waals surface area contributed by atoms with Crippen molar-refractivity contribution < 1.29 is 65.1 Å². The van der Waals surface area contributed by atoms with E-state index >= 15 is 4.39 Å². The molecule has 6 atom stereocenters. The number of nitrogens with one attached hydrogen (secondary N) is 2. The zero-order valence-electron chi connectivity index (χ0n) is 23.1. The minimum atomic E-state index is -4.75. The summed E-state index contributed by atoms with van der Waals surface area (Å²) in [6, 6.07) is -2.82. The van der Waals surface area contributed by atoms with Gasteiger partial charge in [0, 0.05) is 6.20 Å². The number of amides is 1. The van der Waals surface area contributed by atoms with Crippen molar-refractivity contribution in [3.05, 3.63) is 12.0 Å². The number of aliphatic hydroxyl groups excluding tert-OH is 1. The number of halogens is 4. The van der Waals surface area contributed by atoms with E-state index < -0.39 is 105 Å². The van der Waals surface area contributed by atoms with Gasteiger partial charge in [-0.05, 0) is 41.5 Å². The van der Waals surface area contributed by atoms with Gasteiger partial charge in [-0.15, -0.1) is 0 Å². The number of nitrogens with zero attached hydrogens (tertiary/aromatic N) is 1. The zero-order chi connectivity index (χ0) is 31.4. The molecule has 0 radical (unpaired) electrons. The lowest BCUT2D eigenvalue weighted by Crippen LogP contribution is -2.52. The first-order valence-corrected chi connectivity index (χ1v) is 14.2. The van der Waals surface area contributed by atoms with Crippen LogP contribution >= 0.6 is 7.67 Å². The van der Waals surface area contributed by atoms with E-state index in [-0.39, 0.29) is 11.1 Å². The Morgan fingerprint density at radius 3 is 2.02 bits per heavy atom. The molecule has 18 heteroatoms. The van der Waals surface area contributed by atoms with Crippen molar-refractivity contribution in [1.29, 1.82) is 0 Å². The number of ether oxygens (including phenoxy) is 3. The molecule has 0 aromatic heterocycles. The Bertz CT molecular complexity index is 1060. The molecule has 2 rings (SSSR count). The summed E-state index contributed by atoms with van der Waals surface area (Å²) in [5.41, 5.74) is -3.38.